The molecule has 0 saturated heterocycles. The number of nitrogens with zero attached hydrogens (tertiary/aromatic N) is 1. The van der Waals surface area contributed by atoms with E-state index in [-0.39, 0.29) is 5.97 Å². The predicted octanol–water partition coefficient (Wildman–Crippen LogP) is 3.24. The zero-order valence-corrected chi connectivity index (χ0v) is 10.8. The summed E-state index contributed by atoms with van der Waals surface area (Å²) in [6.07, 6.45) is 5.13. The number of aryl methyl sites for hydroxylation is 1. The fraction of sp³-hybridized carbons (Fsp3) is 0.333. The summed E-state index contributed by atoms with van der Waals surface area (Å²) in [4.78, 5) is 15.5. The quantitative estimate of drug-likeness (QED) is 0.601. The summed E-state index contributed by atoms with van der Waals surface area (Å²) in [6, 6.07) is 8.04. The SMILES string of the molecule is C/C=C1/N=C(c2ccc(CCCC)cc2)OC1=O. The largest absolute Gasteiger partial charge is 0.402 e. The maximum atomic E-state index is 11.4. The monoisotopic (exact) mass is 243 g/mol. The Balaban J connectivity index is 2.13. The minimum atomic E-state index is -0.373. The third-order valence-corrected chi connectivity index (χ3v) is 2.91. The summed E-state index contributed by atoms with van der Waals surface area (Å²) in [5, 5.41) is 0. The normalized spacial score (nSPS) is 16.9. The average molecular weight is 243 g/mol. The number of rotatable bonds is 4. The molecule has 3 heteroatoms. The van der Waals surface area contributed by atoms with Crippen molar-refractivity contribution in [1.29, 1.82) is 0 Å². The highest BCUT2D eigenvalue weighted by molar-refractivity contribution is 6.11. The van der Waals surface area contributed by atoms with Gasteiger partial charge in [0.2, 0.25) is 5.90 Å². The standard InChI is InChI=1S/C15H17NO2/c1-3-5-6-11-7-9-12(10-8-11)14-16-13(4-2)15(17)18-14/h4,7-10H,3,5-6H2,1-2H3/b13-4+. The zero-order valence-electron chi connectivity index (χ0n) is 10.8. The van der Waals surface area contributed by atoms with Crippen LogP contribution in [0.15, 0.2) is 41.0 Å². The third kappa shape index (κ3) is 2.67. The predicted molar refractivity (Wildman–Crippen MR) is 71.4 cm³/mol. The van der Waals surface area contributed by atoms with Gasteiger partial charge in [-0.3, -0.25) is 0 Å². The Morgan fingerprint density at radius 2 is 2.00 bits per heavy atom. The molecule has 1 aliphatic heterocycles. The second-order valence-electron chi connectivity index (χ2n) is 4.28. The molecule has 0 N–H and O–H groups in total. The van der Waals surface area contributed by atoms with Crippen LogP contribution in [0.25, 0.3) is 0 Å². The Morgan fingerprint density at radius 1 is 1.28 bits per heavy atom. The van der Waals surface area contributed by atoms with Crippen molar-refractivity contribution < 1.29 is 9.53 Å². The summed E-state index contributed by atoms with van der Waals surface area (Å²) in [5.74, 6) is 0.0256. The van der Waals surface area contributed by atoms with Gasteiger partial charge in [-0.2, -0.15) is 0 Å². The molecule has 0 unspecified atom stereocenters. The number of unbranched alkanes of at least 4 members (excludes halogenated alkanes) is 1. The summed E-state index contributed by atoms with van der Waals surface area (Å²) in [7, 11) is 0. The van der Waals surface area contributed by atoms with Gasteiger partial charge in [-0.1, -0.05) is 31.6 Å². The molecule has 0 atom stereocenters. The van der Waals surface area contributed by atoms with Crippen LogP contribution in [0, 0.1) is 0 Å². The molecule has 0 aliphatic carbocycles. The number of allylic oxidation sites excluding steroid dienone is 1. The van der Waals surface area contributed by atoms with Gasteiger partial charge in [0, 0.05) is 5.56 Å². The number of esters is 1. The Labute approximate surface area is 107 Å². The molecule has 0 radical (unpaired) electrons. The minimum absolute atomic E-state index is 0.373. The lowest BCUT2D eigenvalue weighted by Gasteiger charge is -2.02. The van der Waals surface area contributed by atoms with Gasteiger partial charge < -0.3 is 4.74 Å². The van der Waals surface area contributed by atoms with Crippen LogP contribution in [0.4, 0.5) is 0 Å². The first-order valence-electron chi connectivity index (χ1n) is 6.31. The molecule has 3 nitrogen and oxygen atoms in total. The summed E-state index contributed by atoms with van der Waals surface area (Å²) < 4.78 is 5.11. The van der Waals surface area contributed by atoms with Gasteiger partial charge in [0.15, 0.2) is 0 Å². The summed E-state index contributed by atoms with van der Waals surface area (Å²) in [5.41, 5.74) is 2.53. The van der Waals surface area contributed by atoms with Crippen LogP contribution in [0.5, 0.6) is 0 Å². The molecule has 0 fully saturated rings. The number of aliphatic imine (C=N–C) groups is 1. The number of carbonyl (C=O) groups is 1. The van der Waals surface area contributed by atoms with Crippen molar-refractivity contribution in [2.45, 2.75) is 33.1 Å². The molecule has 0 bridgehead atoms. The Kier molecular flexibility index (Phi) is 3.92. The van der Waals surface area contributed by atoms with Gasteiger partial charge in [0.05, 0.1) is 0 Å². The molecule has 1 aromatic carbocycles. The molecule has 0 aromatic heterocycles. The molecular weight excluding hydrogens is 226 g/mol. The lowest BCUT2D eigenvalue weighted by molar-refractivity contribution is -0.130. The van der Waals surface area contributed by atoms with E-state index in [1.807, 2.05) is 12.1 Å². The first kappa shape index (κ1) is 12.6. The molecular formula is C15H17NO2. The zero-order chi connectivity index (χ0) is 13.0. The van der Waals surface area contributed by atoms with E-state index in [4.69, 9.17) is 4.74 Å². The number of carbonyl (C=O) groups excluding carboxylic acids is 1. The van der Waals surface area contributed by atoms with Gasteiger partial charge in [-0.05, 0) is 37.5 Å². The number of benzene rings is 1. The molecule has 18 heavy (non-hydrogen) atoms. The van der Waals surface area contributed by atoms with Gasteiger partial charge >= 0.3 is 5.97 Å². The number of ether oxygens (including phenoxy) is 1. The fourth-order valence-electron chi connectivity index (χ4n) is 1.82. The van der Waals surface area contributed by atoms with E-state index in [0.717, 1.165) is 12.0 Å². The maximum Gasteiger partial charge on any atom is 0.363 e. The second-order valence-corrected chi connectivity index (χ2v) is 4.28. The van der Waals surface area contributed by atoms with Crippen molar-refractivity contribution in [2.75, 3.05) is 0 Å². The van der Waals surface area contributed by atoms with E-state index in [0.29, 0.717) is 11.6 Å². The van der Waals surface area contributed by atoms with E-state index in [9.17, 15) is 4.79 Å². The van der Waals surface area contributed by atoms with Crippen molar-refractivity contribution in [3.63, 3.8) is 0 Å². The van der Waals surface area contributed by atoms with E-state index in [1.54, 1.807) is 13.0 Å². The van der Waals surface area contributed by atoms with Crippen LogP contribution in [0.3, 0.4) is 0 Å². The van der Waals surface area contributed by atoms with Crippen molar-refractivity contribution >= 4 is 11.9 Å². The first-order valence-corrected chi connectivity index (χ1v) is 6.31. The highest BCUT2D eigenvalue weighted by Gasteiger charge is 2.22. The van der Waals surface area contributed by atoms with Crippen molar-refractivity contribution in [1.82, 2.24) is 0 Å². The Hall–Kier alpha value is -1.90. The van der Waals surface area contributed by atoms with E-state index >= 15 is 0 Å². The number of hydrogen-bond donors (Lipinski definition) is 0. The molecule has 1 aliphatic rings. The molecule has 94 valence electrons. The van der Waals surface area contributed by atoms with Crippen LogP contribution in [-0.4, -0.2) is 11.9 Å². The Morgan fingerprint density at radius 3 is 2.56 bits per heavy atom. The summed E-state index contributed by atoms with van der Waals surface area (Å²) in [6.45, 7) is 3.95. The minimum Gasteiger partial charge on any atom is -0.402 e. The topological polar surface area (TPSA) is 38.7 Å². The van der Waals surface area contributed by atoms with E-state index in [1.165, 1.54) is 18.4 Å². The van der Waals surface area contributed by atoms with E-state index in [2.05, 4.69) is 24.0 Å². The van der Waals surface area contributed by atoms with Gasteiger partial charge in [0.1, 0.15) is 5.70 Å². The van der Waals surface area contributed by atoms with Crippen molar-refractivity contribution in [3.8, 4) is 0 Å². The van der Waals surface area contributed by atoms with Gasteiger partial charge in [0.25, 0.3) is 0 Å². The first-order chi connectivity index (χ1) is 8.74. The molecule has 0 amide bonds. The van der Waals surface area contributed by atoms with Crippen molar-refractivity contribution in [2.24, 2.45) is 4.99 Å². The average Bonchev–Trinajstić information content (AvgIpc) is 2.78. The molecule has 1 aromatic rings. The van der Waals surface area contributed by atoms with Gasteiger partial charge in [-0.25, -0.2) is 9.79 Å². The van der Waals surface area contributed by atoms with Crippen molar-refractivity contribution in [3.05, 3.63) is 47.2 Å². The van der Waals surface area contributed by atoms with Crippen LogP contribution in [-0.2, 0) is 16.0 Å². The summed E-state index contributed by atoms with van der Waals surface area (Å²) >= 11 is 0. The molecule has 2 rings (SSSR count). The van der Waals surface area contributed by atoms with Crippen LogP contribution >= 0.6 is 0 Å². The smallest absolute Gasteiger partial charge is 0.363 e. The van der Waals surface area contributed by atoms with Crippen LogP contribution in [0.1, 0.15) is 37.8 Å². The van der Waals surface area contributed by atoms with E-state index < -0.39 is 0 Å². The lowest BCUT2D eigenvalue weighted by Crippen LogP contribution is -2.05. The lowest BCUT2D eigenvalue weighted by atomic mass is 10.1. The maximum absolute atomic E-state index is 11.4. The fourth-order valence-corrected chi connectivity index (χ4v) is 1.82. The molecule has 1 heterocycles. The second kappa shape index (κ2) is 5.63. The molecule has 0 saturated carbocycles. The van der Waals surface area contributed by atoms with Crippen LogP contribution < -0.4 is 0 Å². The van der Waals surface area contributed by atoms with Crippen LogP contribution in [0.2, 0.25) is 0 Å². The number of cyclic esters (lactones) is 1. The Bertz CT molecular complexity index is 498. The number of hydrogen-bond acceptors (Lipinski definition) is 3. The van der Waals surface area contributed by atoms with Gasteiger partial charge in [-0.15, -0.1) is 0 Å². The highest BCUT2D eigenvalue weighted by Crippen LogP contribution is 2.17. The third-order valence-electron chi connectivity index (χ3n) is 2.91. The molecule has 0 spiro atoms. The highest BCUT2D eigenvalue weighted by atomic mass is 16.6.